The summed E-state index contributed by atoms with van der Waals surface area (Å²) >= 11 is 5.55. The summed E-state index contributed by atoms with van der Waals surface area (Å²) in [5, 5.41) is -0.636. The zero-order valence-corrected chi connectivity index (χ0v) is 9.56. The maximum atomic E-state index is 12.8. The van der Waals surface area contributed by atoms with Gasteiger partial charge in [0.2, 0.25) is 0 Å². The van der Waals surface area contributed by atoms with Gasteiger partial charge in [0.25, 0.3) is 0 Å². The minimum atomic E-state index is -0.636. The number of rotatable bonds is 2. The molecule has 0 spiro atoms. The highest BCUT2D eigenvalue weighted by molar-refractivity contribution is 6.66. The van der Waals surface area contributed by atoms with Gasteiger partial charge in [-0.15, -0.1) is 0 Å². The van der Waals surface area contributed by atoms with Gasteiger partial charge in [-0.05, 0) is 48.0 Å². The van der Waals surface area contributed by atoms with Crippen molar-refractivity contribution in [3.05, 3.63) is 60.4 Å². The largest absolute Gasteiger partial charge is 0.325 e. The van der Waals surface area contributed by atoms with E-state index in [0.717, 1.165) is 0 Å². The average molecular weight is 250 g/mol. The van der Waals surface area contributed by atoms with Crippen LogP contribution in [0, 0.1) is 5.82 Å². The Balaban J connectivity index is 2.43. The number of anilines is 2. The first kappa shape index (κ1) is 11.6. The van der Waals surface area contributed by atoms with Gasteiger partial charge in [-0.2, -0.15) is 0 Å². The molecule has 86 valence electrons. The smallest absolute Gasteiger partial charge is 0.268 e. The molecule has 0 unspecified atom stereocenters. The van der Waals surface area contributed by atoms with E-state index in [1.807, 2.05) is 6.07 Å². The van der Waals surface area contributed by atoms with Crippen LogP contribution >= 0.6 is 11.6 Å². The van der Waals surface area contributed by atoms with Crippen LogP contribution in [-0.4, -0.2) is 5.37 Å². The SMILES string of the molecule is O=C(Cl)N(c1ccccc1)c1ccc(F)cc1. The topological polar surface area (TPSA) is 20.3 Å². The summed E-state index contributed by atoms with van der Waals surface area (Å²) < 4.78 is 12.8. The van der Waals surface area contributed by atoms with E-state index in [9.17, 15) is 9.18 Å². The predicted octanol–water partition coefficient (Wildman–Crippen LogP) is 4.32. The van der Waals surface area contributed by atoms with E-state index in [1.165, 1.54) is 29.2 Å². The lowest BCUT2D eigenvalue weighted by Gasteiger charge is -2.19. The molecule has 0 atom stereocenters. The summed E-state index contributed by atoms with van der Waals surface area (Å²) in [4.78, 5) is 12.7. The first-order valence-corrected chi connectivity index (χ1v) is 5.36. The molecule has 0 aliphatic carbocycles. The quantitative estimate of drug-likeness (QED) is 0.573. The van der Waals surface area contributed by atoms with Crippen LogP contribution < -0.4 is 4.90 Å². The molecule has 2 aromatic rings. The Morgan fingerprint density at radius 1 is 0.941 bits per heavy atom. The highest BCUT2D eigenvalue weighted by Crippen LogP contribution is 2.26. The molecule has 17 heavy (non-hydrogen) atoms. The molecule has 0 aliphatic rings. The van der Waals surface area contributed by atoms with Gasteiger partial charge >= 0.3 is 5.37 Å². The number of hydrogen-bond acceptors (Lipinski definition) is 1. The van der Waals surface area contributed by atoms with Crippen molar-refractivity contribution in [1.29, 1.82) is 0 Å². The molecule has 0 radical (unpaired) electrons. The zero-order chi connectivity index (χ0) is 12.3. The third-order valence-corrected chi connectivity index (χ3v) is 2.44. The van der Waals surface area contributed by atoms with Crippen molar-refractivity contribution in [3.63, 3.8) is 0 Å². The number of amides is 1. The first-order chi connectivity index (χ1) is 8.18. The second kappa shape index (κ2) is 4.97. The molecule has 2 nitrogen and oxygen atoms in total. The Bertz CT molecular complexity index is 513. The van der Waals surface area contributed by atoms with Gasteiger partial charge in [0, 0.05) is 0 Å². The fourth-order valence-electron chi connectivity index (χ4n) is 1.52. The lowest BCUT2D eigenvalue weighted by molar-refractivity contribution is 0.266. The molecule has 1 amide bonds. The number of carbonyl (C=O) groups excluding carboxylic acids is 1. The Morgan fingerprint density at radius 2 is 1.47 bits per heavy atom. The Labute approximate surface area is 103 Å². The van der Waals surface area contributed by atoms with Crippen molar-refractivity contribution < 1.29 is 9.18 Å². The molecular formula is C13H9ClFNO. The number of carbonyl (C=O) groups is 1. The normalized spacial score (nSPS) is 10.0. The molecule has 0 aliphatic heterocycles. The minimum absolute atomic E-state index is 0.358. The molecule has 0 saturated heterocycles. The molecule has 0 bridgehead atoms. The van der Waals surface area contributed by atoms with Crippen LogP contribution in [-0.2, 0) is 0 Å². The van der Waals surface area contributed by atoms with Crippen LogP contribution in [0.1, 0.15) is 0 Å². The zero-order valence-electron chi connectivity index (χ0n) is 8.81. The third kappa shape index (κ3) is 2.63. The molecule has 2 rings (SSSR count). The Kier molecular flexibility index (Phi) is 3.40. The second-order valence-corrected chi connectivity index (χ2v) is 3.72. The molecule has 0 fully saturated rings. The highest BCUT2D eigenvalue weighted by Gasteiger charge is 2.15. The minimum Gasteiger partial charge on any atom is -0.268 e. The van der Waals surface area contributed by atoms with Crippen molar-refractivity contribution in [1.82, 2.24) is 0 Å². The van der Waals surface area contributed by atoms with Crippen LogP contribution in [0.2, 0.25) is 0 Å². The van der Waals surface area contributed by atoms with Gasteiger partial charge < -0.3 is 0 Å². The molecule has 0 heterocycles. The lowest BCUT2D eigenvalue weighted by atomic mass is 10.2. The van der Waals surface area contributed by atoms with E-state index in [2.05, 4.69) is 0 Å². The van der Waals surface area contributed by atoms with E-state index in [1.54, 1.807) is 24.3 Å². The van der Waals surface area contributed by atoms with Gasteiger partial charge in [-0.25, -0.2) is 4.39 Å². The predicted molar refractivity (Wildman–Crippen MR) is 66.2 cm³/mol. The number of para-hydroxylation sites is 1. The van der Waals surface area contributed by atoms with Crippen molar-refractivity contribution in [2.75, 3.05) is 4.90 Å². The maximum Gasteiger partial charge on any atom is 0.325 e. The van der Waals surface area contributed by atoms with Crippen molar-refractivity contribution in [2.45, 2.75) is 0 Å². The maximum absolute atomic E-state index is 12.8. The van der Waals surface area contributed by atoms with Gasteiger partial charge in [0.15, 0.2) is 0 Å². The van der Waals surface area contributed by atoms with Crippen LogP contribution in [0.4, 0.5) is 20.6 Å². The van der Waals surface area contributed by atoms with Crippen LogP contribution in [0.25, 0.3) is 0 Å². The fraction of sp³-hybridized carbons (Fsp3) is 0. The van der Waals surface area contributed by atoms with E-state index in [0.29, 0.717) is 11.4 Å². The van der Waals surface area contributed by atoms with Crippen LogP contribution in [0.15, 0.2) is 54.6 Å². The lowest BCUT2D eigenvalue weighted by Crippen LogP contribution is -2.19. The van der Waals surface area contributed by atoms with Crippen molar-refractivity contribution in [3.8, 4) is 0 Å². The Hall–Kier alpha value is -1.87. The van der Waals surface area contributed by atoms with Gasteiger partial charge in [0.1, 0.15) is 5.82 Å². The number of halogens is 2. The molecule has 0 N–H and O–H groups in total. The summed E-state index contributed by atoms with van der Waals surface area (Å²) in [7, 11) is 0. The number of benzene rings is 2. The van der Waals surface area contributed by atoms with Crippen LogP contribution in [0.5, 0.6) is 0 Å². The average Bonchev–Trinajstić information content (AvgIpc) is 2.33. The van der Waals surface area contributed by atoms with Gasteiger partial charge in [-0.1, -0.05) is 18.2 Å². The number of hydrogen-bond donors (Lipinski definition) is 0. The summed E-state index contributed by atoms with van der Waals surface area (Å²) in [6.07, 6.45) is 0. The summed E-state index contributed by atoms with van der Waals surface area (Å²) in [5.74, 6) is -0.358. The van der Waals surface area contributed by atoms with Crippen LogP contribution in [0.3, 0.4) is 0 Å². The fourth-order valence-corrected chi connectivity index (χ4v) is 1.71. The monoisotopic (exact) mass is 249 g/mol. The molecular weight excluding hydrogens is 241 g/mol. The summed E-state index contributed by atoms with van der Waals surface area (Å²) in [6.45, 7) is 0. The van der Waals surface area contributed by atoms with Gasteiger partial charge in [0.05, 0.1) is 11.4 Å². The van der Waals surface area contributed by atoms with Crippen molar-refractivity contribution >= 4 is 28.3 Å². The molecule has 0 saturated carbocycles. The molecule has 4 heteroatoms. The van der Waals surface area contributed by atoms with E-state index in [-0.39, 0.29) is 5.82 Å². The Morgan fingerprint density at radius 3 is 2.00 bits per heavy atom. The second-order valence-electron chi connectivity index (χ2n) is 3.40. The number of nitrogens with zero attached hydrogens (tertiary/aromatic N) is 1. The van der Waals surface area contributed by atoms with E-state index in [4.69, 9.17) is 11.6 Å². The van der Waals surface area contributed by atoms with E-state index < -0.39 is 5.37 Å². The van der Waals surface area contributed by atoms with Crippen molar-refractivity contribution in [2.24, 2.45) is 0 Å². The third-order valence-electron chi connectivity index (χ3n) is 2.28. The summed E-state index contributed by atoms with van der Waals surface area (Å²) in [5.41, 5.74) is 1.16. The first-order valence-electron chi connectivity index (χ1n) is 4.98. The van der Waals surface area contributed by atoms with E-state index >= 15 is 0 Å². The highest BCUT2D eigenvalue weighted by atomic mass is 35.5. The molecule has 2 aromatic carbocycles. The summed E-state index contributed by atoms with van der Waals surface area (Å²) in [6, 6.07) is 14.5. The standard InChI is InChI=1S/C13H9ClFNO/c14-13(17)16(11-4-2-1-3-5-11)12-8-6-10(15)7-9-12/h1-9H. The van der Waals surface area contributed by atoms with Gasteiger partial charge in [-0.3, -0.25) is 9.69 Å². The molecule has 0 aromatic heterocycles.